The summed E-state index contributed by atoms with van der Waals surface area (Å²) in [6, 6.07) is 0. The van der Waals surface area contributed by atoms with E-state index in [0.29, 0.717) is 6.42 Å². The third kappa shape index (κ3) is 4.91. The van der Waals surface area contributed by atoms with E-state index >= 15 is 0 Å². The molecule has 0 saturated heterocycles. The van der Waals surface area contributed by atoms with Gasteiger partial charge in [-0.25, -0.2) is 9.97 Å². The van der Waals surface area contributed by atoms with Crippen molar-refractivity contribution < 1.29 is 9.53 Å². The summed E-state index contributed by atoms with van der Waals surface area (Å²) in [7, 11) is 0. The topological polar surface area (TPSA) is 52.1 Å². The van der Waals surface area contributed by atoms with Crippen LogP contribution in [-0.4, -0.2) is 22.0 Å². The zero-order valence-corrected chi connectivity index (χ0v) is 13.3. The van der Waals surface area contributed by atoms with Gasteiger partial charge in [-0.2, -0.15) is 0 Å². The largest absolute Gasteiger partial charge is 0.463 e. The van der Waals surface area contributed by atoms with Crippen LogP contribution < -0.4 is 0 Å². The van der Waals surface area contributed by atoms with E-state index in [-0.39, 0.29) is 17.5 Å². The van der Waals surface area contributed by atoms with Gasteiger partial charge >= 0.3 is 5.97 Å². The molecule has 20 heavy (non-hydrogen) atoms. The fourth-order valence-corrected chi connectivity index (χ4v) is 1.93. The molecule has 0 aromatic carbocycles. The van der Waals surface area contributed by atoms with Crippen LogP contribution in [0.5, 0.6) is 0 Å². The van der Waals surface area contributed by atoms with Crippen LogP contribution in [0.15, 0.2) is 12.4 Å². The van der Waals surface area contributed by atoms with Crippen LogP contribution >= 0.6 is 0 Å². The number of hydrogen-bond acceptors (Lipinski definition) is 4. The molecule has 1 aromatic heterocycles. The van der Waals surface area contributed by atoms with Crippen LogP contribution in [0.2, 0.25) is 0 Å². The Morgan fingerprint density at radius 3 is 2.40 bits per heavy atom. The van der Waals surface area contributed by atoms with Gasteiger partial charge in [-0.15, -0.1) is 0 Å². The average molecular weight is 278 g/mol. The van der Waals surface area contributed by atoms with Crippen LogP contribution in [0.4, 0.5) is 0 Å². The highest BCUT2D eigenvalue weighted by Crippen LogP contribution is 2.26. The Balaban J connectivity index is 2.57. The lowest BCUT2D eigenvalue weighted by atomic mass is 9.86. The molecule has 4 heteroatoms. The van der Waals surface area contributed by atoms with Crippen molar-refractivity contribution >= 4 is 5.97 Å². The minimum absolute atomic E-state index is 0.0587. The number of aromatic nitrogens is 2. The summed E-state index contributed by atoms with van der Waals surface area (Å²) < 4.78 is 5.29. The fraction of sp³-hybridized carbons (Fsp3) is 0.688. The normalized spacial score (nSPS) is 13.1. The highest BCUT2D eigenvalue weighted by Gasteiger charge is 2.25. The Bertz CT molecular complexity index is 427. The maximum atomic E-state index is 11.2. The number of rotatable bonds is 7. The smallest absolute Gasteiger partial charge is 0.305 e. The van der Waals surface area contributed by atoms with Crippen molar-refractivity contribution in [1.82, 2.24) is 9.97 Å². The van der Waals surface area contributed by atoms with Gasteiger partial charge in [0.25, 0.3) is 0 Å². The van der Waals surface area contributed by atoms with E-state index in [1.807, 2.05) is 26.2 Å². The van der Waals surface area contributed by atoms with Gasteiger partial charge in [0, 0.05) is 24.2 Å². The second kappa shape index (κ2) is 7.36. The standard InChI is InChI=1S/C16H26N2O2/c1-6-13-10-17-15(18-11-13)16(4,5)9-8-12(3)20-14(19)7-2/h10-12H,6-9H2,1-5H3. The predicted octanol–water partition coefficient (Wildman–Crippen LogP) is 3.44. The molecule has 0 radical (unpaired) electrons. The quantitative estimate of drug-likeness (QED) is 0.717. The summed E-state index contributed by atoms with van der Waals surface area (Å²) in [5, 5.41) is 0. The molecule has 1 rings (SSSR count). The third-order valence-corrected chi connectivity index (χ3v) is 3.52. The van der Waals surface area contributed by atoms with Gasteiger partial charge < -0.3 is 4.74 Å². The van der Waals surface area contributed by atoms with E-state index in [2.05, 4.69) is 30.7 Å². The highest BCUT2D eigenvalue weighted by molar-refractivity contribution is 5.69. The second-order valence-corrected chi connectivity index (χ2v) is 5.85. The number of hydrogen-bond donors (Lipinski definition) is 0. The Morgan fingerprint density at radius 2 is 1.90 bits per heavy atom. The summed E-state index contributed by atoms with van der Waals surface area (Å²) in [6.07, 6.45) is 6.81. The van der Waals surface area contributed by atoms with Crippen molar-refractivity contribution in [2.75, 3.05) is 0 Å². The zero-order chi connectivity index (χ0) is 15.2. The Labute approximate surface area is 122 Å². The van der Waals surface area contributed by atoms with Crippen molar-refractivity contribution in [3.05, 3.63) is 23.8 Å². The number of carbonyl (C=O) groups is 1. The van der Waals surface area contributed by atoms with Gasteiger partial charge in [0.15, 0.2) is 0 Å². The van der Waals surface area contributed by atoms with Gasteiger partial charge in [-0.3, -0.25) is 4.79 Å². The maximum absolute atomic E-state index is 11.2. The molecule has 1 aromatic rings. The van der Waals surface area contributed by atoms with Crippen molar-refractivity contribution in [2.45, 2.75) is 71.8 Å². The monoisotopic (exact) mass is 278 g/mol. The minimum Gasteiger partial charge on any atom is -0.463 e. The number of esters is 1. The Morgan fingerprint density at radius 1 is 1.30 bits per heavy atom. The molecule has 0 spiro atoms. The first-order valence-electron chi connectivity index (χ1n) is 7.40. The van der Waals surface area contributed by atoms with E-state index in [1.165, 1.54) is 0 Å². The zero-order valence-electron chi connectivity index (χ0n) is 13.3. The first-order valence-corrected chi connectivity index (χ1v) is 7.40. The average Bonchev–Trinajstić information content (AvgIpc) is 2.45. The molecule has 4 nitrogen and oxygen atoms in total. The van der Waals surface area contributed by atoms with Gasteiger partial charge in [-0.05, 0) is 31.7 Å². The van der Waals surface area contributed by atoms with Crippen LogP contribution in [0, 0.1) is 0 Å². The van der Waals surface area contributed by atoms with E-state index < -0.39 is 0 Å². The summed E-state index contributed by atoms with van der Waals surface area (Å²) in [6.45, 7) is 10.1. The Kier molecular flexibility index (Phi) is 6.11. The van der Waals surface area contributed by atoms with Gasteiger partial charge in [0.2, 0.25) is 0 Å². The van der Waals surface area contributed by atoms with Crippen LogP contribution in [0.3, 0.4) is 0 Å². The minimum atomic E-state index is -0.140. The van der Waals surface area contributed by atoms with E-state index in [9.17, 15) is 4.79 Å². The third-order valence-electron chi connectivity index (χ3n) is 3.52. The van der Waals surface area contributed by atoms with Crippen LogP contribution in [0.1, 0.15) is 65.3 Å². The molecular weight excluding hydrogens is 252 g/mol. The van der Waals surface area contributed by atoms with Crippen molar-refractivity contribution in [2.24, 2.45) is 0 Å². The van der Waals surface area contributed by atoms with Gasteiger partial charge in [-0.1, -0.05) is 27.7 Å². The highest BCUT2D eigenvalue weighted by atomic mass is 16.5. The molecule has 1 unspecified atom stereocenters. The van der Waals surface area contributed by atoms with E-state index in [0.717, 1.165) is 30.7 Å². The Hall–Kier alpha value is -1.45. The molecule has 1 atom stereocenters. The molecule has 0 saturated carbocycles. The van der Waals surface area contributed by atoms with Crippen molar-refractivity contribution in [3.63, 3.8) is 0 Å². The molecule has 112 valence electrons. The van der Waals surface area contributed by atoms with Crippen molar-refractivity contribution in [1.29, 1.82) is 0 Å². The molecule has 0 bridgehead atoms. The first-order chi connectivity index (χ1) is 9.39. The first kappa shape index (κ1) is 16.6. The number of carbonyl (C=O) groups excluding carboxylic acids is 1. The summed E-state index contributed by atoms with van der Waals surface area (Å²) in [4.78, 5) is 20.2. The maximum Gasteiger partial charge on any atom is 0.305 e. The number of nitrogens with zero attached hydrogens (tertiary/aromatic N) is 2. The van der Waals surface area contributed by atoms with Gasteiger partial charge in [0.1, 0.15) is 5.82 Å². The molecule has 0 aliphatic heterocycles. The molecule has 1 heterocycles. The SMILES string of the molecule is CCC(=O)OC(C)CCC(C)(C)c1ncc(CC)cn1. The molecule has 0 aliphatic rings. The lowest BCUT2D eigenvalue weighted by molar-refractivity contribution is -0.148. The lowest BCUT2D eigenvalue weighted by Crippen LogP contribution is -2.24. The number of aryl methyl sites for hydroxylation is 1. The van der Waals surface area contributed by atoms with Crippen LogP contribution in [-0.2, 0) is 21.4 Å². The molecule has 0 aliphatic carbocycles. The van der Waals surface area contributed by atoms with Gasteiger partial charge in [0.05, 0.1) is 6.10 Å². The number of ether oxygens (including phenoxy) is 1. The van der Waals surface area contributed by atoms with E-state index in [4.69, 9.17) is 4.74 Å². The summed E-state index contributed by atoms with van der Waals surface area (Å²) in [5.74, 6) is 0.711. The lowest BCUT2D eigenvalue weighted by Gasteiger charge is -2.24. The van der Waals surface area contributed by atoms with Crippen LogP contribution in [0.25, 0.3) is 0 Å². The summed E-state index contributed by atoms with van der Waals surface area (Å²) in [5.41, 5.74) is 1.04. The molecule has 0 amide bonds. The summed E-state index contributed by atoms with van der Waals surface area (Å²) >= 11 is 0. The molecule has 0 N–H and O–H groups in total. The molecular formula is C16H26N2O2. The second-order valence-electron chi connectivity index (χ2n) is 5.85. The predicted molar refractivity (Wildman–Crippen MR) is 79.5 cm³/mol. The van der Waals surface area contributed by atoms with Crippen molar-refractivity contribution in [3.8, 4) is 0 Å². The van der Waals surface area contributed by atoms with E-state index in [1.54, 1.807) is 0 Å². The molecule has 0 fully saturated rings. The fourth-order valence-electron chi connectivity index (χ4n) is 1.93.